The summed E-state index contributed by atoms with van der Waals surface area (Å²) in [4.78, 5) is 22.4. The number of aromatic hydroxyl groups is 1. The number of phenolic OH excluding ortho intramolecular Hbond substituents is 1. The Balaban J connectivity index is 1.34. The number of nitrogens with zero attached hydrogens (tertiary/aromatic N) is 1. The fourth-order valence-corrected chi connectivity index (χ4v) is 3.83. The van der Waals surface area contributed by atoms with Gasteiger partial charge in [0, 0.05) is 18.5 Å². The van der Waals surface area contributed by atoms with Crippen molar-refractivity contribution < 1.29 is 19.6 Å². The van der Waals surface area contributed by atoms with E-state index < -0.39 is 11.0 Å². The Labute approximate surface area is 173 Å². The molecule has 1 aliphatic carbocycles. The van der Waals surface area contributed by atoms with Gasteiger partial charge in [-0.15, -0.1) is 0 Å². The molecular weight excluding hydrogens is 384 g/mol. The Morgan fingerprint density at radius 3 is 2.30 bits per heavy atom. The number of carbonyl (C=O) groups excluding carboxylic acids is 1. The van der Waals surface area contributed by atoms with E-state index in [4.69, 9.17) is 4.74 Å². The summed E-state index contributed by atoms with van der Waals surface area (Å²) in [5.74, 6) is -0.392. The molecular formula is C23H20N2O5. The number of fused-ring (bicyclic) bond motifs is 3. The Morgan fingerprint density at radius 1 is 1.03 bits per heavy atom. The van der Waals surface area contributed by atoms with Gasteiger partial charge < -0.3 is 15.2 Å². The number of hydrogen-bond acceptors (Lipinski definition) is 5. The first kappa shape index (κ1) is 19.4. The lowest BCUT2D eigenvalue weighted by Gasteiger charge is -2.14. The fourth-order valence-electron chi connectivity index (χ4n) is 3.83. The van der Waals surface area contributed by atoms with E-state index in [0.29, 0.717) is 12.0 Å². The van der Waals surface area contributed by atoms with Gasteiger partial charge in [0.25, 0.3) is 0 Å². The van der Waals surface area contributed by atoms with Crippen LogP contribution >= 0.6 is 0 Å². The molecule has 0 aromatic heterocycles. The summed E-state index contributed by atoms with van der Waals surface area (Å²) in [6, 6.07) is 20.4. The maximum absolute atomic E-state index is 12.2. The molecule has 1 amide bonds. The van der Waals surface area contributed by atoms with Crippen LogP contribution in [0.25, 0.3) is 11.1 Å². The molecule has 0 radical (unpaired) electrons. The summed E-state index contributed by atoms with van der Waals surface area (Å²) in [5, 5.41) is 23.1. The molecule has 0 saturated heterocycles. The lowest BCUT2D eigenvalue weighted by Crippen LogP contribution is -2.28. The largest absolute Gasteiger partial charge is 0.502 e. The van der Waals surface area contributed by atoms with E-state index in [1.165, 1.54) is 12.1 Å². The smallest absolute Gasteiger partial charge is 0.407 e. The quantitative estimate of drug-likeness (QED) is 0.469. The standard InChI is InChI=1S/C23H20N2O5/c26-22-10-9-15(13-21(22)25(28)29)11-12-24-23(27)30-14-20-18-7-3-1-5-16(18)17-6-2-4-8-19(17)20/h1-10,13,20,26H,11-12,14H2,(H,24,27). The van der Waals surface area contributed by atoms with Crippen LogP contribution in [0, 0.1) is 10.1 Å². The summed E-state index contributed by atoms with van der Waals surface area (Å²) in [6.07, 6.45) is -0.157. The van der Waals surface area contributed by atoms with Gasteiger partial charge in [-0.2, -0.15) is 0 Å². The van der Waals surface area contributed by atoms with Gasteiger partial charge in [0.1, 0.15) is 6.61 Å². The third-order valence-electron chi connectivity index (χ3n) is 5.26. The minimum Gasteiger partial charge on any atom is -0.502 e. The average Bonchev–Trinajstić information content (AvgIpc) is 3.07. The van der Waals surface area contributed by atoms with Crippen molar-refractivity contribution in [1.82, 2.24) is 5.32 Å². The topological polar surface area (TPSA) is 102 Å². The molecule has 7 heteroatoms. The minimum atomic E-state index is -0.641. The molecule has 3 aromatic carbocycles. The van der Waals surface area contributed by atoms with Crippen molar-refractivity contribution in [3.8, 4) is 16.9 Å². The number of nitro groups is 1. The number of hydrogen-bond donors (Lipinski definition) is 2. The second kappa shape index (κ2) is 8.24. The summed E-state index contributed by atoms with van der Waals surface area (Å²) in [5.41, 5.74) is 4.89. The van der Waals surface area contributed by atoms with Crippen molar-refractivity contribution in [3.63, 3.8) is 0 Å². The molecule has 2 N–H and O–H groups in total. The number of carbonyl (C=O) groups is 1. The summed E-state index contributed by atoms with van der Waals surface area (Å²) < 4.78 is 5.46. The zero-order chi connectivity index (χ0) is 21.1. The van der Waals surface area contributed by atoms with Crippen LogP contribution in [-0.2, 0) is 11.2 Å². The van der Waals surface area contributed by atoms with Crippen molar-refractivity contribution in [2.75, 3.05) is 13.2 Å². The molecule has 0 aliphatic heterocycles. The van der Waals surface area contributed by atoms with Gasteiger partial charge in [-0.3, -0.25) is 10.1 Å². The van der Waals surface area contributed by atoms with E-state index in [0.717, 1.165) is 22.3 Å². The van der Waals surface area contributed by atoms with Gasteiger partial charge in [-0.1, -0.05) is 54.6 Å². The van der Waals surface area contributed by atoms with E-state index in [-0.39, 0.29) is 30.5 Å². The third-order valence-corrected chi connectivity index (χ3v) is 5.26. The molecule has 152 valence electrons. The first-order valence-electron chi connectivity index (χ1n) is 9.59. The van der Waals surface area contributed by atoms with Crippen LogP contribution in [0.5, 0.6) is 5.75 Å². The van der Waals surface area contributed by atoms with Gasteiger partial charge in [-0.25, -0.2) is 4.79 Å². The maximum atomic E-state index is 12.2. The van der Waals surface area contributed by atoms with Crippen LogP contribution in [0.15, 0.2) is 66.7 Å². The van der Waals surface area contributed by atoms with Crippen LogP contribution in [-0.4, -0.2) is 29.3 Å². The summed E-state index contributed by atoms with van der Waals surface area (Å²) in [6.45, 7) is 0.489. The number of ether oxygens (including phenoxy) is 1. The summed E-state index contributed by atoms with van der Waals surface area (Å²) in [7, 11) is 0. The normalized spacial score (nSPS) is 12.1. The Kier molecular flexibility index (Phi) is 5.34. The number of phenols is 1. The van der Waals surface area contributed by atoms with E-state index >= 15 is 0 Å². The van der Waals surface area contributed by atoms with Crippen molar-refractivity contribution in [3.05, 3.63) is 93.5 Å². The third kappa shape index (κ3) is 3.82. The molecule has 30 heavy (non-hydrogen) atoms. The van der Waals surface area contributed by atoms with Crippen molar-refractivity contribution in [1.29, 1.82) is 0 Å². The van der Waals surface area contributed by atoms with Gasteiger partial charge in [-0.05, 0) is 40.3 Å². The van der Waals surface area contributed by atoms with Crippen LogP contribution in [0.3, 0.4) is 0 Å². The Hall–Kier alpha value is -3.87. The van der Waals surface area contributed by atoms with Crippen LogP contribution in [0.4, 0.5) is 10.5 Å². The number of rotatable bonds is 6. The average molecular weight is 404 g/mol. The first-order valence-corrected chi connectivity index (χ1v) is 9.59. The monoisotopic (exact) mass is 404 g/mol. The SMILES string of the molecule is O=C(NCCc1ccc(O)c([N+](=O)[O-])c1)OCC1c2ccccc2-c2ccccc21. The second-order valence-corrected chi connectivity index (χ2v) is 7.08. The van der Waals surface area contributed by atoms with Crippen molar-refractivity contribution in [2.45, 2.75) is 12.3 Å². The van der Waals surface area contributed by atoms with E-state index in [2.05, 4.69) is 29.6 Å². The number of amides is 1. The van der Waals surface area contributed by atoms with E-state index in [9.17, 15) is 20.0 Å². The second-order valence-electron chi connectivity index (χ2n) is 7.08. The van der Waals surface area contributed by atoms with Gasteiger partial charge >= 0.3 is 11.8 Å². The fraction of sp³-hybridized carbons (Fsp3) is 0.174. The van der Waals surface area contributed by atoms with Gasteiger partial charge in [0.2, 0.25) is 0 Å². The van der Waals surface area contributed by atoms with Gasteiger partial charge in [0.05, 0.1) is 4.92 Å². The number of nitrogens with one attached hydrogen (secondary N) is 1. The molecule has 1 aliphatic rings. The number of nitro benzene ring substituents is 1. The molecule has 0 unspecified atom stereocenters. The predicted molar refractivity (Wildman–Crippen MR) is 112 cm³/mol. The Morgan fingerprint density at radius 2 is 1.67 bits per heavy atom. The molecule has 4 rings (SSSR count). The molecule has 0 saturated carbocycles. The van der Waals surface area contributed by atoms with E-state index in [1.54, 1.807) is 6.07 Å². The number of benzene rings is 3. The van der Waals surface area contributed by atoms with Crippen molar-refractivity contribution in [2.24, 2.45) is 0 Å². The van der Waals surface area contributed by atoms with Crippen LogP contribution in [0.2, 0.25) is 0 Å². The predicted octanol–water partition coefficient (Wildman–Crippen LogP) is 4.38. The molecule has 0 heterocycles. The lowest BCUT2D eigenvalue weighted by molar-refractivity contribution is -0.385. The highest BCUT2D eigenvalue weighted by Gasteiger charge is 2.28. The maximum Gasteiger partial charge on any atom is 0.407 e. The first-order chi connectivity index (χ1) is 14.5. The lowest BCUT2D eigenvalue weighted by atomic mass is 9.98. The molecule has 3 aromatic rings. The van der Waals surface area contributed by atoms with Gasteiger partial charge in [0.15, 0.2) is 5.75 Å². The van der Waals surface area contributed by atoms with Crippen LogP contribution in [0.1, 0.15) is 22.6 Å². The van der Waals surface area contributed by atoms with Crippen LogP contribution < -0.4 is 5.32 Å². The van der Waals surface area contributed by atoms with Crippen molar-refractivity contribution >= 4 is 11.8 Å². The Bertz CT molecular complexity index is 1070. The minimum absolute atomic E-state index is 0.0112. The highest BCUT2D eigenvalue weighted by Crippen LogP contribution is 2.44. The molecule has 0 spiro atoms. The number of alkyl carbamates (subject to hydrolysis) is 1. The highest BCUT2D eigenvalue weighted by molar-refractivity contribution is 5.79. The molecule has 0 fully saturated rings. The molecule has 0 atom stereocenters. The molecule has 7 nitrogen and oxygen atoms in total. The summed E-state index contributed by atoms with van der Waals surface area (Å²) >= 11 is 0. The zero-order valence-electron chi connectivity index (χ0n) is 16.1. The highest BCUT2D eigenvalue weighted by atomic mass is 16.6. The zero-order valence-corrected chi connectivity index (χ0v) is 16.1. The molecule has 0 bridgehead atoms. The van der Waals surface area contributed by atoms with E-state index in [1.807, 2.05) is 24.3 Å².